The highest BCUT2D eigenvalue weighted by molar-refractivity contribution is 6.35. The fraction of sp³-hybridized carbons (Fsp3) is 0.0833. The van der Waals surface area contributed by atoms with Crippen LogP contribution < -0.4 is 9.80 Å². The zero-order valence-electron chi connectivity index (χ0n) is 10.7. The predicted molar refractivity (Wildman–Crippen MR) is 77.6 cm³/mol. The fourth-order valence-corrected chi connectivity index (χ4v) is 1.99. The van der Waals surface area contributed by atoms with E-state index in [2.05, 4.69) is 4.98 Å². The number of hydrogen-bond acceptors (Lipinski definition) is 6. The molecule has 0 aliphatic rings. The molecule has 0 radical (unpaired) electrons. The van der Waals surface area contributed by atoms with Crippen LogP contribution in [0.4, 0.5) is 11.4 Å². The Balaban J connectivity index is 2.37. The Hall–Kier alpha value is -2.09. The molecule has 21 heavy (non-hydrogen) atoms. The third-order valence-corrected chi connectivity index (χ3v) is 2.96. The van der Waals surface area contributed by atoms with Crippen LogP contribution in [0.3, 0.4) is 0 Å². The molecule has 1 N–H and O–H groups in total. The molecule has 0 unspecified atom stereocenters. The van der Waals surface area contributed by atoms with Crippen molar-refractivity contribution in [3.8, 4) is 11.6 Å². The van der Waals surface area contributed by atoms with Gasteiger partial charge in [-0.1, -0.05) is 23.2 Å². The second-order valence-corrected chi connectivity index (χ2v) is 4.82. The largest absolute Gasteiger partial charge is 0.437 e. The Morgan fingerprint density at radius 1 is 1.38 bits per heavy atom. The molecule has 0 bridgehead atoms. The van der Waals surface area contributed by atoms with E-state index < -0.39 is 4.92 Å². The molecule has 0 saturated carbocycles. The number of pyridine rings is 1. The number of hydroxylamine groups is 1. The fourth-order valence-electron chi connectivity index (χ4n) is 1.57. The minimum atomic E-state index is -0.612. The van der Waals surface area contributed by atoms with Gasteiger partial charge in [0.25, 0.3) is 5.69 Å². The smallest absolute Gasteiger partial charge is 0.295 e. The van der Waals surface area contributed by atoms with Gasteiger partial charge in [-0.3, -0.25) is 20.4 Å². The van der Waals surface area contributed by atoms with Crippen LogP contribution in [0.25, 0.3) is 0 Å². The molecule has 0 amide bonds. The summed E-state index contributed by atoms with van der Waals surface area (Å²) >= 11 is 11.6. The molecule has 7 nitrogen and oxygen atoms in total. The first-order chi connectivity index (χ1) is 9.88. The second-order valence-electron chi connectivity index (χ2n) is 3.97. The number of ether oxygens (including phenoxy) is 1. The van der Waals surface area contributed by atoms with E-state index in [0.717, 1.165) is 0 Å². The summed E-state index contributed by atoms with van der Waals surface area (Å²) in [5.74, 6) is 0.328. The summed E-state index contributed by atoms with van der Waals surface area (Å²) in [6.07, 6.45) is 1.35. The van der Waals surface area contributed by atoms with Gasteiger partial charge in [0.15, 0.2) is 0 Å². The van der Waals surface area contributed by atoms with Crippen LogP contribution in [0, 0.1) is 10.1 Å². The molecule has 0 saturated heterocycles. The molecule has 0 aliphatic heterocycles. The first-order valence-corrected chi connectivity index (χ1v) is 6.34. The average Bonchev–Trinajstić information content (AvgIpc) is 2.41. The van der Waals surface area contributed by atoms with Gasteiger partial charge in [-0.15, -0.1) is 0 Å². The minimum absolute atomic E-state index is 0.0254. The third-order valence-electron chi connectivity index (χ3n) is 2.48. The maximum atomic E-state index is 10.9. The van der Waals surface area contributed by atoms with Gasteiger partial charge in [0.1, 0.15) is 16.5 Å². The van der Waals surface area contributed by atoms with E-state index in [-0.39, 0.29) is 28.0 Å². The molecule has 0 fully saturated rings. The highest BCUT2D eigenvalue weighted by Gasteiger charge is 2.18. The summed E-state index contributed by atoms with van der Waals surface area (Å²) < 4.78 is 5.43. The SMILES string of the molecule is CN(O)c1cc(Oc2ncc(Cl)cc2Cl)ccc1[N+](=O)[O-]. The second kappa shape index (κ2) is 6.13. The van der Waals surface area contributed by atoms with Crippen LogP contribution >= 0.6 is 23.2 Å². The van der Waals surface area contributed by atoms with Gasteiger partial charge in [-0.05, 0) is 12.1 Å². The molecule has 0 atom stereocenters. The van der Waals surface area contributed by atoms with Gasteiger partial charge >= 0.3 is 0 Å². The number of halogens is 2. The molecular weight excluding hydrogens is 321 g/mol. The molecule has 2 rings (SSSR count). The van der Waals surface area contributed by atoms with Crippen LogP contribution in [-0.4, -0.2) is 22.2 Å². The number of nitro benzene ring substituents is 1. The maximum absolute atomic E-state index is 10.9. The lowest BCUT2D eigenvalue weighted by molar-refractivity contribution is -0.384. The molecule has 2 aromatic rings. The van der Waals surface area contributed by atoms with E-state index in [1.807, 2.05) is 0 Å². The van der Waals surface area contributed by atoms with E-state index in [1.54, 1.807) is 0 Å². The first-order valence-electron chi connectivity index (χ1n) is 5.58. The number of hydrogen-bond donors (Lipinski definition) is 1. The molecule has 1 heterocycles. The van der Waals surface area contributed by atoms with Crippen molar-refractivity contribution in [2.45, 2.75) is 0 Å². The van der Waals surface area contributed by atoms with E-state index in [4.69, 9.17) is 27.9 Å². The Morgan fingerprint density at radius 2 is 2.10 bits per heavy atom. The lowest BCUT2D eigenvalue weighted by Gasteiger charge is -2.13. The lowest BCUT2D eigenvalue weighted by atomic mass is 10.2. The Bertz CT molecular complexity index is 694. The van der Waals surface area contributed by atoms with E-state index in [1.165, 1.54) is 37.5 Å². The van der Waals surface area contributed by atoms with Gasteiger partial charge in [0.05, 0.1) is 9.95 Å². The standard InChI is InChI=1S/C12H9Cl2N3O4/c1-16(18)11-5-8(2-3-10(11)17(19)20)21-12-9(14)4-7(13)6-15-12/h2-6,18H,1H3. The van der Waals surface area contributed by atoms with Gasteiger partial charge in [0.2, 0.25) is 5.88 Å². The quantitative estimate of drug-likeness (QED) is 0.675. The summed E-state index contributed by atoms with van der Waals surface area (Å²) in [4.78, 5) is 14.2. The van der Waals surface area contributed by atoms with Crippen LogP contribution in [0.1, 0.15) is 0 Å². The van der Waals surface area contributed by atoms with Gasteiger partial charge in [-0.2, -0.15) is 0 Å². The molecule has 0 spiro atoms. The number of aromatic nitrogens is 1. The molecule has 0 aliphatic carbocycles. The zero-order valence-corrected chi connectivity index (χ0v) is 12.2. The van der Waals surface area contributed by atoms with Crippen molar-refractivity contribution in [1.29, 1.82) is 0 Å². The van der Waals surface area contributed by atoms with Crippen molar-refractivity contribution in [3.63, 3.8) is 0 Å². The average molecular weight is 330 g/mol. The topological polar surface area (TPSA) is 88.7 Å². The summed E-state index contributed by atoms with van der Waals surface area (Å²) in [6.45, 7) is 0. The molecule has 110 valence electrons. The summed E-state index contributed by atoms with van der Waals surface area (Å²) in [5.41, 5.74) is -0.287. The summed E-state index contributed by atoms with van der Waals surface area (Å²) in [5, 5.41) is 21.5. The van der Waals surface area contributed by atoms with Crippen molar-refractivity contribution in [2.24, 2.45) is 0 Å². The van der Waals surface area contributed by atoms with Crippen LogP contribution in [0.2, 0.25) is 10.0 Å². The van der Waals surface area contributed by atoms with Crippen molar-refractivity contribution in [1.82, 2.24) is 4.98 Å². The van der Waals surface area contributed by atoms with Crippen LogP contribution in [0.5, 0.6) is 11.6 Å². The molecule has 1 aromatic heterocycles. The van der Waals surface area contributed by atoms with Gasteiger partial charge in [0, 0.05) is 25.4 Å². The Kier molecular flexibility index (Phi) is 4.46. The molecule has 9 heteroatoms. The molecule has 1 aromatic carbocycles. The van der Waals surface area contributed by atoms with Crippen molar-refractivity contribution < 1.29 is 14.9 Å². The maximum Gasteiger partial charge on any atom is 0.295 e. The van der Waals surface area contributed by atoms with Crippen molar-refractivity contribution in [3.05, 3.63) is 50.6 Å². The minimum Gasteiger partial charge on any atom is -0.437 e. The molecular formula is C12H9Cl2N3O4. The van der Waals surface area contributed by atoms with Crippen molar-refractivity contribution in [2.75, 3.05) is 12.1 Å². The van der Waals surface area contributed by atoms with Crippen LogP contribution in [0.15, 0.2) is 30.5 Å². The normalized spacial score (nSPS) is 10.3. The summed E-state index contributed by atoms with van der Waals surface area (Å²) in [7, 11) is 1.26. The van der Waals surface area contributed by atoms with E-state index in [9.17, 15) is 15.3 Å². The number of anilines is 1. The van der Waals surface area contributed by atoms with Gasteiger partial charge in [-0.25, -0.2) is 4.98 Å². The zero-order chi connectivity index (χ0) is 15.6. The lowest BCUT2D eigenvalue weighted by Crippen LogP contribution is -2.12. The third kappa shape index (κ3) is 3.52. The highest BCUT2D eigenvalue weighted by atomic mass is 35.5. The van der Waals surface area contributed by atoms with Crippen LogP contribution in [-0.2, 0) is 0 Å². The number of nitrogens with zero attached hydrogens (tertiary/aromatic N) is 3. The predicted octanol–water partition coefficient (Wildman–Crippen LogP) is 3.91. The summed E-state index contributed by atoms with van der Waals surface area (Å²) in [6, 6.07) is 5.33. The number of nitro groups is 1. The highest BCUT2D eigenvalue weighted by Crippen LogP contribution is 2.34. The Labute approximate surface area is 129 Å². The van der Waals surface area contributed by atoms with E-state index >= 15 is 0 Å². The Morgan fingerprint density at radius 3 is 2.67 bits per heavy atom. The number of rotatable bonds is 4. The van der Waals surface area contributed by atoms with E-state index in [0.29, 0.717) is 10.1 Å². The van der Waals surface area contributed by atoms with Gasteiger partial charge < -0.3 is 4.74 Å². The first kappa shape index (κ1) is 15.3. The van der Waals surface area contributed by atoms with Crippen molar-refractivity contribution >= 4 is 34.6 Å². The number of benzene rings is 1. The monoisotopic (exact) mass is 329 g/mol.